The standard InChI is InChI=1S/C10H5BrF5NO/c11-7-2-1-6(4-17)3-8(7)18-5-9(12,13)10(14,15)16/h1-3H,5H2. The molecule has 0 aromatic heterocycles. The van der Waals surface area contributed by atoms with Crippen molar-refractivity contribution in [1.82, 2.24) is 0 Å². The second kappa shape index (κ2) is 5.10. The third-order valence-corrected chi connectivity index (χ3v) is 2.54. The van der Waals surface area contributed by atoms with Gasteiger partial charge in [0.1, 0.15) is 5.75 Å². The molecule has 0 aliphatic rings. The summed E-state index contributed by atoms with van der Waals surface area (Å²) in [7, 11) is 0. The average Bonchev–Trinajstić information content (AvgIpc) is 2.26. The fourth-order valence-electron chi connectivity index (χ4n) is 0.934. The number of nitriles is 1. The molecule has 0 spiro atoms. The zero-order valence-electron chi connectivity index (χ0n) is 8.56. The van der Waals surface area contributed by atoms with E-state index in [9.17, 15) is 22.0 Å². The van der Waals surface area contributed by atoms with Gasteiger partial charge in [0.2, 0.25) is 0 Å². The molecule has 0 radical (unpaired) electrons. The molecule has 1 rings (SSSR count). The van der Waals surface area contributed by atoms with Gasteiger partial charge in [0.05, 0.1) is 16.1 Å². The molecule has 0 fully saturated rings. The summed E-state index contributed by atoms with van der Waals surface area (Å²) in [5.41, 5.74) is 0.0866. The van der Waals surface area contributed by atoms with Crippen LogP contribution in [0.2, 0.25) is 0 Å². The molecular weight excluding hydrogens is 325 g/mol. The van der Waals surface area contributed by atoms with Crippen molar-refractivity contribution in [3.63, 3.8) is 0 Å². The van der Waals surface area contributed by atoms with E-state index in [0.29, 0.717) is 0 Å². The second-order valence-corrected chi connectivity index (χ2v) is 4.10. The Bertz CT molecular complexity index is 480. The first kappa shape index (κ1) is 14.7. The molecular formula is C10H5BrF5NO. The highest BCUT2D eigenvalue weighted by Crippen LogP contribution is 2.36. The van der Waals surface area contributed by atoms with Crippen molar-refractivity contribution in [2.75, 3.05) is 6.61 Å². The number of benzene rings is 1. The van der Waals surface area contributed by atoms with Crippen LogP contribution in [0.3, 0.4) is 0 Å². The van der Waals surface area contributed by atoms with E-state index < -0.39 is 18.7 Å². The Labute approximate surface area is 107 Å². The number of nitrogens with zero attached hydrogens (tertiary/aromatic N) is 1. The van der Waals surface area contributed by atoms with Crippen LogP contribution in [-0.4, -0.2) is 18.7 Å². The van der Waals surface area contributed by atoms with Crippen LogP contribution in [0.4, 0.5) is 22.0 Å². The summed E-state index contributed by atoms with van der Waals surface area (Å²) in [5, 5.41) is 8.56. The minimum atomic E-state index is -5.67. The van der Waals surface area contributed by atoms with Crippen LogP contribution in [-0.2, 0) is 0 Å². The summed E-state index contributed by atoms with van der Waals surface area (Å²) >= 11 is 2.92. The molecule has 0 saturated carbocycles. The molecule has 0 aliphatic carbocycles. The lowest BCUT2D eigenvalue weighted by Gasteiger charge is -2.20. The van der Waals surface area contributed by atoms with E-state index >= 15 is 0 Å². The highest BCUT2D eigenvalue weighted by atomic mass is 79.9. The Kier molecular flexibility index (Phi) is 4.16. The Morgan fingerprint density at radius 1 is 1.22 bits per heavy atom. The molecule has 0 N–H and O–H groups in total. The lowest BCUT2D eigenvalue weighted by molar-refractivity contribution is -0.290. The molecule has 0 aliphatic heterocycles. The minimum Gasteiger partial charge on any atom is -0.486 e. The fourth-order valence-corrected chi connectivity index (χ4v) is 1.29. The molecule has 0 unspecified atom stereocenters. The summed E-state index contributed by atoms with van der Waals surface area (Å²) in [5.74, 6) is -5.20. The highest BCUT2D eigenvalue weighted by Gasteiger charge is 2.58. The maximum absolute atomic E-state index is 12.6. The molecule has 98 valence electrons. The van der Waals surface area contributed by atoms with Crippen LogP contribution in [0.1, 0.15) is 5.56 Å². The number of hydrogen-bond donors (Lipinski definition) is 0. The van der Waals surface area contributed by atoms with Gasteiger partial charge < -0.3 is 4.74 Å². The number of hydrogen-bond acceptors (Lipinski definition) is 2. The van der Waals surface area contributed by atoms with Crippen LogP contribution in [0.5, 0.6) is 5.75 Å². The number of rotatable bonds is 3. The minimum absolute atomic E-state index is 0.0866. The van der Waals surface area contributed by atoms with Crippen LogP contribution in [0.25, 0.3) is 0 Å². The maximum Gasteiger partial charge on any atom is 0.456 e. The van der Waals surface area contributed by atoms with Crippen LogP contribution in [0, 0.1) is 11.3 Å². The van der Waals surface area contributed by atoms with Crippen molar-refractivity contribution in [2.24, 2.45) is 0 Å². The van der Waals surface area contributed by atoms with Gasteiger partial charge in [-0.3, -0.25) is 0 Å². The van der Waals surface area contributed by atoms with Crippen LogP contribution in [0.15, 0.2) is 22.7 Å². The van der Waals surface area contributed by atoms with Crippen molar-refractivity contribution in [3.05, 3.63) is 28.2 Å². The monoisotopic (exact) mass is 329 g/mol. The first-order chi connectivity index (χ1) is 8.17. The average molecular weight is 330 g/mol. The number of ether oxygens (including phenoxy) is 1. The summed E-state index contributed by atoms with van der Waals surface area (Å²) in [6.45, 7) is -1.84. The summed E-state index contributed by atoms with van der Waals surface area (Å²) in [4.78, 5) is 0. The van der Waals surface area contributed by atoms with Gasteiger partial charge >= 0.3 is 12.1 Å². The van der Waals surface area contributed by atoms with E-state index in [1.807, 2.05) is 0 Å². The molecule has 0 atom stereocenters. The molecule has 1 aromatic rings. The Morgan fingerprint density at radius 3 is 2.33 bits per heavy atom. The second-order valence-electron chi connectivity index (χ2n) is 3.25. The van der Waals surface area contributed by atoms with E-state index in [2.05, 4.69) is 20.7 Å². The SMILES string of the molecule is N#Cc1ccc(Br)c(OCC(F)(F)C(F)(F)F)c1. The van der Waals surface area contributed by atoms with E-state index in [1.54, 1.807) is 6.07 Å². The van der Waals surface area contributed by atoms with Gasteiger partial charge in [-0.05, 0) is 34.1 Å². The van der Waals surface area contributed by atoms with Gasteiger partial charge in [-0.1, -0.05) is 0 Å². The topological polar surface area (TPSA) is 33.0 Å². The lowest BCUT2D eigenvalue weighted by atomic mass is 10.2. The number of alkyl halides is 5. The van der Waals surface area contributed by atoms with E-state index in [-0.39, 0.29) is 15.8 Å². The first-order valence-electron chi connectivity index (χ1n) is 4.44. The highest BCUT2D eigenvalue weighted by molar-refractivity contribution is 9.10. The molecule has 0 bridgehead atoms. The van der Waals surface area contributed by atoms with Crippen molar-refractivity contribution < 1.29 is 26.7 Å². The third-order valence-electron chi connectivity index (χ3n) is 1.88. The van der Waals surface area contributed by atoms with Gasteiger partial charge in [-0.25, -0.2) is 0 Å². The Balaban J connectivity index is 2.84. The van der Waals surface area contributed by atoms with E-state index in [0.717, 1.165) is 6.07 Å². The first-order valence-corrected chi connectivity index (χ1v) is 5.23. The predicted octanol–water partition coefficient (Wildman–Crippen LogP) is 3.90. The Hall–Kier alpha value is -1.36. The molecule has 0 saturated heterocycles. The summed E-state index contributed by atoms with van der Waals surface area (Å²) in [6.07, 6.45) is -5.67. The molecule has 1 aromatic carbocycles. The maximum atomic E-state index is 12.6. The summed E-state index contributed by atoms with van der Waals surface area (Å²) in [6, 6.07) is 5.46. The van der Waals surface area contributed by atoms with Crippen molar-refractivity contribution in [3.8, 4) is 11.8 Å². The van der Waals surface area contributed by atoms with E-state index in [4.69, 9.17) is 5.26 Å². The predicted molar refractivity (Wildman–Crippen MR) is 55.4 cm³/mol. The molecule has 8 heteroatoms. The smallest absolute Gasteiger partial charge is 0.456 e. The summed E-state index contributed by atoms with van der Waals surface area (Å²) < 4.78 is 65.4. The van der Waals surface area contributed by atoms with Crippen LogP contribution >= 0.6 is 15.9 Å². The molecule has 0 heterocycles. The van der Waals surface area contributed by atoms with Gasteiger partial charge in [0.15, 0.2) is 6.61 Å². The number of halogens is 6. The van der Waals surface area contributed by atoms with Crippen LogP contribution < -0.4 is 4.74 Å². The van der Waals surface area contributed by atoms with Crippen molar-refractivity contribution >= 4 is 15.9 Å². The van der Waals surface area contributed by atoms with Gasteiger partial charge in [0, 0.05) is 0 Å². The normalized spacial score (nSPS) is 12.1. The third kappa shape index (κ3) is 3.32. The fraction of sp³-hybridized carbons (Fsp3) is 0.300. The molecule has 18 heavy (non-hydrogen) atoms. The zero-order valence-corrected chi connectivity index (χ0v) is 10.1. The largest absolute Gasteiger partial charge is 0.486 e. The van der Waals surface area contributed by atoms with Gasteiger partial charge in [-0.15, -0.1) is 0 Å². The van der Waals surface area contributed by atoms with E-state index in [1.165, 1.54) is 12.1 Å². The van der Waals surface area contributed by atoms with Gasteiger partial charge in [0.25, 0.3) is 0 Å². The molecule has 2 nitrogen and oxygen atoms in total. The molecule has 0 amide bonds. The lowest BCUT2D eigenvalue weighted by Crippen LogP contribution is -2.41. The van der Waals surface area contributed by atoms with Gasteiger partial charge in [-0.2, -0.15) is 27.2 Å². The van der Waals surface area contributed by atoms with Crippen molar-refractivity contribution in [2.45, 2.75) is 12.1 Å². The van der Waals surface area contributed by atoms with Crippen molar-refractivity contribution in [1.29, 1.82) is 5.26 Å². The Morgan fingerprint density at radius 2 is 1.83 bits per heavy atom. The zero-order chi connectivity index (χ0) is 14.0. The quantitative estimate of drug-likeness (QED) is 0.788.